The Morgan fingerprint density at radius 1 is 1.27 bits per heavy atom. The largest absolute Gasteiger partial charge is 0.380 e. The molecule has 68 valence electrons. The van der Waals surface area contributed by atoms with Gasteiger partial charge in [0.05, 0.1) is 6.10 Å². The normalized spacial score (nSPS) is 13.4. The number of methoxy groups -OCH3 is 1. The Balaban J connectivity index is 3.20. The molecule has 0 rings (SSSR count). The summed E-state index contributed by atoms with van der Waals surface area (Å²) in [5.74, 6) is 0. The topological polar surface area (TPSA) is 21.3 Å². The van der Waals surface area contributed by atoms with Crippen molar-refractivity contribution in [1.29, 1.82) is 0 Å². The van der Waals surface area contributed by atoms with Gasteiger partial charge in [0.2, 0.25) is 0 Å². The van der Waals surface area contributed by atoms with Crippen molar-refractivity contribution >= 4 is 0 Å². The Morgan fingerprint density at radius 3 is 2.45 bits per heavy atom. The van der Waals surface area contributed by atoms with E-state index in [4.69, 9.17) is 4.74 Å². The first-order chi connectivity index (χ1) is 5.35. The van der Waals surface area contributed by atoms with E-state index in [1.54, 1.807) is 7.11 Å². The van der Waals surface area contributed by atoms with Gasteiger partial charge in [-0.3, -0.25) is 0 Å². The quantitative estimate of drug-likeness (QED) is 0.572. The zero-order valence-electron chi connectivity index (χ0n) is 8.02. The lowest BCUT2D eigenvalue weighted by Crippen LogP contribution is -2.28. The Morgan fingerprint density at radius 2 is 2.00 bits per heavy atom. The van der Waals surface area contributed by atoms with Crippen LogP contribution in [0.5, 0.6) is 0 Å². The molecule has 0 aromatic rings. The molecule has 0 aliphatic heterocycles. The number of hydrogen-bond acceptors (Lipinski definition) is 2. The lowest BCUT2D eigenvalue weighted by atomic mass is 10.2. The lowest BCUT2D eigenvalue weighted by Gasteiger charge is -2.14. The molecule has 0 saturated heterocycles. The molecule has 0 radical (unpaired) electrons. The highest BCUT2D eigenvalue weighted by molar-refractivity contribution is 4.59. The summed E-state index contributed by atoms with van der Waals surface area (Å²) >= 11 is 0. The smallest absolute Gasteiger partial charge is 0.0695 e. The average Bonchev–Trinajstić information content (AvgIpc) is 2.03. The van der Waals surface area contributed by atoms with Crippen molar-refractivity contribution in [2.24, 2.45) is 0 Å². The molecule has 0 saturated carbocycles. The Bertz CT molecular complexity index is 76.0. The van der Waals surface area contributed by atoms with Gasteiger partial charge in [-0.2, -0.15) is 0 Å². The summed E-state index contributed by atoms with van der Waals surface area (Å²) in [6, 6.07) is 0. The van der Waals surface area contributed by atoms with Crippen LogP contribution in [0.1, 0.15) is 33.1 Å². The minimum absolute atomic E-state index is 0.409. The molecule has 0 aliphatic rings. The van der Waals surface area contributed by atoms with Crippen molar-refractivity contribution < 1.29 is 4.74 Å². The second kappa shape index (κ2) is 8.02. The maximum absolute atomic E-state index is 5.27. The minimum atomic E-state index is 0.409. The fourth-order valence-corrected chi connectivity index (χ4v) is 1.07. The number of nitrogens with one attached hydrogen (secondary N) is 1. The van der Waals surface area contributed by atoms with Gasteiger partial charge in [0.1, 0.15) is 0 Å². The van der Waals surface area contributed by atoms with Crippen LogP contribution in [-0.4, -0.2) is 26.3 Å². The van der Waals surface area contributed by atoms with Gasteiger partial charge in [-0.15, -0.1) is 0 Å². The minimum Gasteiger partial charge on any atom is -0.380 e. The summed E-state index contributed by atoms with van der Waals surface area (Å²) < 4.78 is 5.27. The summed E-state index contributed by atoms with van der Waals surface area (Å²) in [7, 11) is 1.79. The van der Waals surface area contributed by atoms with Crippen LogP contribution in [-0.2, 0) is 4.74 Å². The first-order valence-corrected chi connectivity index (χ1v) is 4.58. The second-order valence-electron chi connectivity index (χ2n) is 2.85. The maximum atomic E-state index is 5.27. The zero-order valence-corrected chi connectivity index (χ0v) is 8.02. The Labute approximate surface area is 70.3 Å². The predicted molar refractivity (Wildman–Crippen MR) is 48.9 cm³/mol. The highest BCUT2D eigenvalue weighted by Gasteiger charge is 2.03. The maximum Gasteiger partial charge on any atom is 0.0695 e. The molecule has 0 aliphatic carbocycles. The standard InChI is InChI=1S/C9H21NO/c1-4-6-9(11-3)8-10-7-5-2/h9-10H,4-8H2,1-3H3. The van der Waals surface area contributed by atoms with Crippen LogP contribution in [0.15, 0.2) is 0 Å². The van der Waals surface area contributed by atoms with Crippen molar-refractivity contribution in [3.63, 3.8) is 0 Å². The van der Waals surface area contributed by atoms with Crippen LogP contribution in [0.4, 0.5) is 0 Å². The van der Waals surface area contributed by atoms with Gasteiger partial charge in [0, 0.05) is 13.7 Å². The summed E-state index contributed by atoms with van der Waals surface area (Å²) in [4.78, 5) is 0. The van der Waals surface area contributed by atoms with E-state index in [1.165, 1.54) is 12.8 Å². The Hall–Kier alpha value is -0.0800. The molecule has 0 spiro atoms. The second-order valence-corrected chi connectivity index (χ2v) is 2.85. The van der Waals surface area contributed by atoms with E-state index in [9.17, 15) is 0 Å². The van der Waals surface area contributed by atoms with Crippen LogP contribution in [0.3, 0.4) is 0 Å². The van der Waals surface area contributed by atoms with Gasteiger partial charge in [-0.05, 0) is 19.4 Å². The van der Waals surface area contributed by atoms with Crippen LogP contribution >= 0.6 is 0 Å². The van der Waals surface area contributed by atoms with Gasteiger partial charge in [0.25, 0.3) is 0 Å². The van der Waals surface area contributed by atoms with Gasteiger partial charge in [-0.1, -0.05) is 20.3 Å². The van der Waals surface area contributed by atoms with Crippen LogP contribution in [0.25, 0.3) is 0 Å². The average molecular weight is 159 g/mol. The van der Waals surface area contributed by atoms with Crippen molar-refractivity contribution in [2.75, 3.05) is 20.2 Å². The summed E-state index contributed by atoms with van der Waals surface area (Å²) in [6.45, 7) is 6.46. The van der Waals surface area contributed by atoms with Gasteiger partial charge < -0.3 is 10.1 Å². The van der Waals surface area contributed by atoms with E-state index >= 15 is 0 Å². The molecular formula is C9H21NO. The Kier molecular flexibility index (Phi) is 7.96. The number of ether oxygens (including phenoxy) is 1. The van der Waals surface area contributed by atoms with E-state index < -0.39 is 0 Å². The zero-order chi connectivity index (χ0) is 8.53. The van der Waals surface area contributed by atoms with E-state index in [0.29, 0.717) is 6.10 Å². The highest BCUT2D eigenvalue weighted by atomic mass is 16.5. The van der Waals surface area contributed by atoms with Gasteiger partial charge in [0.15, 0.2) is 0 Å². The molecule has 2 nitrogen and oxygen atoms in total. The molecule has 0 bridgehead atoms. The molecule has 0 aromatic carbocycles. The van der Waals surface area contributed by atoms with Crippen molar-refractivity contribution in [3.05, 3.63) is 0 Å². The van der Waals surface area contributed by atoms with E-state index in [2.05, 4.69) is 19.2 Å². The summed E-state index contributed by atoms with van der Waals surface area (Å²) in [6.07, 6.45) is 3.97. The molecule has 11 heavy (non-hydrogen) atoms. The molecular weight excluding hydrogens is 138 g/mol. The van der Waals surface area contributed by atoms with Crippen molar-refractivity contribution in [2.45, 2.75) is 39.2 Å². The van der Waals surface area contributed by atoms with E-state index in [1.807, 2.05) is 0 Å². The number of rotatable bonds is 7. The van der Waals surface area contributed by atoms with Crippen molar-refractivity contribution in [1.82, 2.24) is 5.32 Å². The number of hydrogen-bond donors (Lipinski definition) is 1. The van der Waals surface area contributed by atoms with Crippen molar-refractivity contribution in [3.8, 4) is 0 Å². The predicted octanol–water partition coefficient (Wildman–Crippen LogP) is 1.80. The highest BCUT2D eigenvalue weighted by Crippen LogP contribution is 1.98. The van der Waals surface area contributed by atoms with Crippen LogP contribution in [0.2, 0.25) is 0 Å². The van der Waals surface area contributed by atoms with Crippen LogP contribution in [0, 0.1) is 0 Å². The van der Waals surface area contributed by atoms with Crippen LogP contribution < -0.4 is 5.32 Å². The third-order valence-corrected chi connectivity index (χ3v) is 1.74. The molecule has 0 amide bonds. The molecule has 0 aromatic heterocycles. The lowest BCUT2D eigenvalue weighted by molar-refractivity contribution is 0.0940. The fraction of sp³-hybridized carbons (Fsp3) is 1.00. The molecule has 0 fully saturated rings. The molecule has 0 heterocycles. The summed E-state index contributed by atoms with van der Waals surface area (Å²) in [5, 5.41) is 3.35. The molecule has 1 unspecified atom stereocenters. The van der Waals surface area contributed by atoms with Gasteiger partial charge in [-0.25, -0.2) is 0 Å². The monoisotopic (exact) mass is 159 g/mol. The first-order valence-electron chi connectivity index (χ1n) is 4.58. The molecule has 1 N–H and O–H groups in total. The summed E-state index contributed by atoms with van der Waals surface area (Å²) in [5.41, 5.74) is 0. The third kappa shape index (κ3) is 6.32. The van der Waals surface area contributed by atoms with E-state index in [0.717, 1.165) is 19.5 Å². The van der Waals surface area contributed by atoms with Gasteiger partial charge >= 0.3 is 0 Å². The molecule has 2 heteroatoms. The third-order valence-electron chi connectivity index (χ3n) is 1.74. The fourth-order valence-electron chi connectivity index (χ4n) is 1.07. The molecule has 1 atom stereocenters. The first kappa shape index (κ1) is 10.9. The SMILES string of the molecule is CCCNCC(CCC)OC. The van der Waals surface area contributed by atoms with E-state index in [-0.39, 0.29) is 0 Å².